The van der Waals surface area contributed by atoms with E-state index in [1.165, 1.54) is 0 Å². The van der Waals surface area contributed by atoms with Gasteiger partial charge in [0.05, 0.1) is 5.60 Å². The molecule has 0 bridgehead atoms. The van der Waals surface area contributed by atoms with Crippen LogP contribution in [0.4, 0.5) is 0 Å². The molecule has 1 atom stereocenters. The number of rotatable bonds is 5. The maximum absolute atomic E-state index is 9.72. The van der Waals surface area contributed by atoms with E-state index in [1.807, 2.05) is 25.9 Å². The highest BCUT2D eigenvalue weighted by Gasteiger charge is 2.19. The van der Waals surface area contributed by atoms with E-state index in [0.29, 0.717) is 13.1 Å². The average Bonchev–Trinajstić information content (AvgIpc) is 1.81. The van der Waals surface area contributed by atoms with Gasteiger partial charge >= 0.3 is 0 Å². The van der Waals surface area contributed by atoms with E-state index >= 15 is 0 Å². The highest BCUT2D eigenvalue weighted by Crippen LogP contribution is 2.11. The van der Waals surface area contributed by atoms with E-state index in [9.17, 15) is 5.11 Å². The van der Waals surface area contributed by atoms with E-state index in [2.05, 4.69) is 0 Å². The highest BCUT2D eigenvalue weighted by atomic mass is 16.3. The molecule has 11 heavy (non-hydrogen) atoms. The first-order chi connectivity index (χ1) is 4.98. The van der Waals surface area contributed by atoms with Gasteiger partial charge in [0.25, 0.3) is 0 Å². The highest BCUT2D eigenvalue weighted by molar-refractivity contribution is 4.74. The third kappa shape index (κ3) is 6.28. The van der Waals surface area contributed by atoms with Crippen LogP contribution in [0.2, 0.25) is 0 Å². The minimum absolute atomic E-state index is 0.580. The molecule has 3 nitrogen and oxygen atoms in total. The largest absolute Gasteiger partial charge is 0.389 e. The molecule has 0 aromatic carbocycles. The molecule has 0 rings (SSSR count). The summed E-state index contributed by atoms with van der Waals surface area (Å²) in [5.41, 5.74) is 4.76. The summed E-state index contributed by atoms with van der Waals surface area (Å²) in [6.45, 7) is 3.21. The van der Waals surface area contributed by atoms with Crippen molar-refractivity contribution in [1.82, 2.24) is 4.90 Å². The van der Waals surface area contributed by atoms with Gasteiger partial charge in [-0.2, -0.15) is 0 Å². The van der Waals surface area contributed by atoms with Gasteiger partial charge in [0.2, 0.25) is 0 Å². The Morgan fingerprint density at radius 2 is 2.00 bits per heavy atom. The average molecular weight is 160 g/mol. The van der Waals surface area contributed by atoms with Gasteiger partial charge in [0, 0.05) is 6.54 Å². The first-order valence-corrected chi connectivity index (χ1v) is 4.05. The summed E-state index contributed by atoms with van der Waals surface area (Å²) in [5.74, 6) is 0. The van der Waals surface area contributed by atoms with Gasteiger partial charge in [-0.3, -0.25) is 0 Å². The Kier molecular flexibility index (Phi) is 4.65. The van der Waals surface area contributed by atoms with E-state index in [-0.39, 0.29) is 0 Å². The van der Waals surface area contributed by atoms with Crippen molar-refractivity contribution in [2.45, 2.75) is 25.4 Å². The number of hydrogen-bond acceptors (Lipinski definition) is 3. The molecular weight excluding hydrogens is 140 g/mol. The summed E-state index contributed by atoms with van der Waals surface area (Å²) >= 11 is 0. The van der Waals surface area contributed by atoms with Crippen LogP contribution in [0.1, 0.15) is 19.8 Å². The predicted octanol–water partition coefficient (Wildman–Crippen LogP) is 0.0379. The number of nitrogens with zero attached hydrogens (tertiary/aromatic N) is 1. The van der Waals surface area contributed by atoms with Crippen molar-refractivity contribution in [2.75, 3.05) is 27.2 Å². The molecule has 0 aliphatic carbocycles. The number of hydrogen-bond donors (Lipinski definition) is 2. The van der Waals surface area contributed by atoms with Crippen LogP contribution in [0.5, 0.6) is 0 Å². The van der Waals surface area contributed by atoms with Crippen LogP contribution < -0.4 is 5.73 Å². The Balaban J connectivity index is 3.61. The molecule has 0 heterocycles. The van der Waals surface area contributed by atoms with Gasteiger partial charge < -0.3 is 15.7 Å². The summed E-state index contributed by atoms with van der Waals surface area (Å²) < 4.78 is 0. The molecule has 0 aliphatic heterocycles. The maximum Gasteiger partial charge on any atom is 0.0746 e. The molecule has 0 spiro atoms. The van der Waals surface area contributed by atoms with E-state index < -0.39 is 5.60 Å². The Morgan fingerprint density at radius 3 is 2.36 bits per heavy atom. The molecule has 3 heteroatoms. The molecule has 0 radical (unpaired) electrons. The fourth-order valence-electron chi connectivity index (χ4n) is 1.24. The maximum atomic E-state index is 9.72. The first-order valence-electron chi connectivity index (χ1n) is 4.05. The summed E-state index contributed by atoms with van der Waals surface area (Å²) in [6, 6.07) is 0. The fourth-order valence-corrected chi connectivity index (χ4v) is 1.24. The topological polar surface area (TPSA) is 49.5 Å². The lowest BCUT2D eigenvalue weighted by atomic mass is 10.00. The van der Waals surface area contributed by atoms with Gasteiger partial charge in [-0.1, -0.05) is 0 Å². The third-order valence-corrected chi connectivity index (χ3v) is 1.58. The second-order valence-electron chi connectivity index (χ2n) is 3.63. The van der Waals surface area contributed by atoms with Crippen molar-refractivity contribution < 1.29 is 5.11 Å². The van der Waals surface area contributed by atoms with E-state index in [4.69, 9.17) is 5.73 Å². The van der Waals surface area contributed by atoms with Gasteiger partial charge in [0.15, 0.2) is 0 Å². The van der Waals surface area contributed by atoms with Crippen molar-refractivity contribution in [3.05, 3.63) is 0 Å². The summed E-state index contributed by atoms with van der Waals surface area (Å²) in [5, 5.41) is 9.72. The number of likely N-dealkylation sites (N-methyl/N-ethyl adjacent to an activating group) is 1. The molecule has 0 saturated heterocycles. The minimum Gasteiger partial charge on any atom is -0.389 e. The van der Waals surface area contributed by atoms with Gasteiger partial charge in [0.1, 0.15) is 0 Å². The van der Waals surface area contributed by atoms with Crippen LogP contribution in [0.3, 0.4) is 0 Å². The van der Waals surface area contributed by atoms with E-state index in [0.717, 1.165) is 12.8 Å². The quantitative estimate of drug-likeness (QED) is 0.597. The molecule has 0 fully saturated rings. The SMILES string of the molecule is CN(C)CC(C)(O)CCCN. The summed E-state index contributed by atoms with van der Waals surface area (Å²) in [6.07, 6.45) is 1.67. The normalized spacial score (nSPS) is 16.9. The Bertz CT molecular complexity index is 102. The first kappa shape index (κ1) is 10.9. The Hall–Kier alpha value is -0.120. The van der Waals surface area contributed by atoms with Crippen LogP contribution >= 0.6 is 0 Å². The zero-order valence-corrected chi connectivity index (χ0v) is 7.80. The molecular formula is C8H20N2O. The molecule has 0 aromatic rings. The molecule has 3 N–H and O–H groups in total. The van der Waals surface area contributed by atoms with Gasteiger partial charge in [-0.25, -0.2) is 0 Å². The minimum atomic E-state index is -0.580. The fraction of sp³-hybridized carbons (Fsp3) is 1.00. The lowest BCUT2D eigenvalue weighted by Gasteiger charge is -2.26. The van der Waals surface area contributed by atoms with Crippen molar-refractivity contribution >= 4 is 0 Å². The molecule has 0 amide bonds. The zero-order chi connectivity index (χ0) is 8.91. The van der Waals surface area contributed by atoms with Crippen LogP contribution in [-0.4, -0.2) is 42.8 Å². The van der Waals surface area contributed by atoms with Crippen molar-refractivity contribution in [2.24, 2.45) is 5.73 Å². The molecule has 0 saturated carbocycles. The van der Waals surface area contributed by atoms with Crippen molar-refractivity contribution in [3.63, 3.8) is 0 Å². The van der Waals surface area contributed by atoms with Gasteiger partial charge in [-0.05, 0) is 40.4 Å². The van der Waals surface area contributed by atoms with Crippen molar-refractivity contribution in [1.29, 1.82) is 0 Å². The lowest BCUT2D eigenvalue weighted by molar-refractivity contribution is 0.0244. The Labute approximate surface area is 69.2 Å². The number of nitrogens with two attached hydrogens (primary N) is 1. The molecule has 0 aromatic heterocycles. The smallest absolute Gasteiger partial charge is 0.0746 e. The third-order valence-electron chi connectivity index (χ3n) is 1.58. The second-order valence-corrected chi connectivity index (χ2v) is 3.63. The van der Waals surface area contributed by atoms with Crippen LogP contribution in [0, 0.1) is 0 Å². The summed E-state index contributed by atoms with van der Waals surface area (Å²) in [7, 11) is 3.91. The lowest BCUT2D eigenvalue weighted by Crippen LogP contribution is -2.37. The van der Waals surface area contributed by atoms with Crippen LogP contribution in [0.25, 0.3) is 0 Å². The second kappa shape index (κ2) is 4.70. The number of aliphatic hydroxyl groups is 1. The van der Waals surface area contributed by atoms with Crippen LogP contribution in [-0.2, 0) is 0 Å². The van der Waals surface area contributed by atoms with Gasteiger partial charge in [-0.15, -0.1) is 0 Å². The van der Waals surface area contributed by atoms with Crippen LogP contribution in [0.15, 0.2) is 0 Å². The zero-order valence-electron chi connectivity index (χ0n) is 7.80. The molecule has 1 unspecified atom stereocenters. The summed E-state index contributed by atoms with van der Waals surface area (Å²) in [4.78, 5) is 1.98. The molecule has 68 valence electrons. The Morgan fingerprint density at radius 1 is 1.45 bits per heavy atom. The monoisotopic (exact) mass is 160 g/mol. The molecule has 0 aliphatic rings. The van der Waals surface area contributed by atoms with E-state index in [1.54, 1.807) is 0 Å². The standard InChI is InChI=1S/C8H20N2O/c1-8(11,5-4-6-9)7-10(2)3/h11H,4-7,9H2,1-3H3. The van der Waals surface area contributed by atoms with Crippen molar-refractivity contribution in [3.8, 4) is 0 Å². The predicted molar refractivity (Wildman–Crippen MR) is 47.5 cm³/mol.